The van der Waals surface area contributed by atoms with E-state index in [4.69, 9.17) is 27.6 Å². The van der Waals surface area contributed by atoms with Gasteiger partial charge in [-0.1, -0.05) is 11.6 Å². The third-order valence-electron chi connectivity index (χ3n) is 2.13. The summed E-state index contributed by atoms with van der Waals surface area (Å²) in [5.74, 6) is 1.28. The van der Waals surface area contributed by atoms with E-state index in [1.54, 1.807) is 18.2 Å². The lowest BCUT2D eigenvalue weighted by atomic mass is 10.2. The van der Waals surface area contributed by atoms with E-state index in [9.17, 15) is 4.79 Å². The minimum atomic E-state index is -0.533. The van der Waals surface area contributed by atoms with E-state index < -0.39 is 5.24 Å². The van der Waals surface area contributed by atoms with Crippen molar-refractivity contribution in [3.05, 3.63) is 53.3 Å². The van der Waals surface area contributed by atoms with Crippen LogP contribution in [0.25, 0.3) is 17.4 Å². The van der Waals surface area contributed by atoms with Crippen LogP contribution in [0.5, 0.6) is 0 Å². The molecule has 4 heteroatoms. The van der Waals surface area contributed by atoms with Crippen molar-refractivity contribution in [2.24, 2.45) is 0 Å². The summed E-state index contributed by atoms with van der Waals surface area (Å²) in [6.07, 6.45) is 2.76. The number of rotatable bonds is 3. The zero-order chi connectivity index (χ0) is 12.3. The average molecular weight is 267 g/mol. The molecule has 86 valence electrons. The molecule has 0 aliphatic rings. The molecule has 0 saturated carbocycles. The highest BCUT2D eigenvalue weighted by Gasteiger charge is 2.02. The maximum absolute atomic E-state index is 10.6. The summed E-state index contributed by atoms with van der Waals surface area (Å²) >= 11 is 11.0. The molecular formula is C13H8Cl2O2. The van der Waals surface area contributed by atoms with E-state index in [0.29, 0.717) is 16.5 Å². The fourth-order valence-corrected chi connectivity index (χ4v) is 1.55. The first-order valence-electron chi connectivity index (χ1n) is 4.88. The molecule has 0 N–H and O–H groups in total. The third-order valence-corrected chi connectivity index (χ3v) is 2.51. The molecule has 0 aliphatic carbocycles. The quantitative estimate of drug-likeness (QED) is 0.610. The zero-order valence-corrected chi connectivity index (χ0v) is 10.2. The smallest absolute Gasteiger partial charge is 0.245 e. The summed E-state index contributed by atoms with van der Waals surface area (Å²) in [6, 6.07) is 10.9. The van der Waals surface area contributed by atoms with E-state index in [1.807, 2.05) is 18.2 Å². The molecule has 17 heavy (non-hydrogen) atoms. The molecular weight excluding hydrogens is 259 g/mol. The molecule has 1 heterocycles. The third kappa shape index (κ3) is 3.22. The van der Waals surface area contributed by atoms with Crippen LogP contribution in [0.1, 0.15) is 5.76 Å². The van der Waals surface area contributed by atoms with Gasteiger partial charge in [-0.2, -0.15) is 0 Å². The van der Waals surface area contributed by atoms with Crippen LogP contribution in [0.4, 0.5) is 0 Å². The number of furan rings is 1. The molecule has 0 atom stereocenters. The molecule has 0 fully saturated rings. The molecule has 0 saturated heterocycles. The topological polar surface area (TPSA) is 30.2 Å². The summed E-state index contributed by atoms with van der Waals surface area (Å²) in [4.78, 5) is 10.6. The van der Waals surface area contributed by atoms with Crippen molar-refractivity contribution in [3.8, 4) is 11.3 Å². The van der Waals surface area contributed by atoms with E-state index >= 15 is 0 Å². The first-order valence-corrected chi connectivity index (χ1v) is 5.64. The largest absolute Gasteiger partial charge is 0.457 e. The van der Waals surface area contributed by atoms with E-state index in [0.717, 1.165) is 5.56 Å². The highest BCUT2D eigenvalue weighted by Crippen LogP contribution is 2.24. The number of benzene rings is 1. The van der Waals surface area contributed by atoms with Gasteiger partial charge in [-0.15, -0.1) is 0 Å². The lowest BCUT2D eigenvalue weighted by Crippen LogP contribution is -1.74. The summed E-state index contributed by atoms with van der Waals surface area (Å²) in [6.45, 7) is 0. The highest BCUT2D eigenvalue weighted by atomic mass is 35.5. The van der Waals surface area contributed by atoms with Crippen LogP contribution >= 0.6 is 23.2 Å². The fourth-order valence-electron chi connectivity index (χ4n) is 1.36. The van der Waals surface area contributed by atoms with Crippen LogP contribution in [0, 0.1) is 0 Å². The van der Waals surface area contributed by atoms with Crippen molar-refractivity contribution >= 4 is 34.5 Å². The summed E-state index contributed by atoms with van der Waals surface area (Å²) in [5, 5.41) is 0.141. The highest BCUT2D eigenvalue weighted by molar-refractivity contribution is 6.66. The van der Waals surface area contributed by atoms with Crippen molar-refractivity contribution in [3.63, 3.8) is 0 Å². The number of hydrogen-bond acceptors (Lipinski definition) is 2. The van der Waals surface area contributed by atoms with Gasteiger partial charge in [-0.3, -0.25) is 4.79 Å². The Bertz CT molecular complexity index is 553. The SMILES string of the molecule is O=C(Cl)/C=C/c1ccc(-c2ccc(Cl)cc2)o1. The van der Waals surface area contributed by atoms with E-state index in [2.05, 4.69) is 0 Å². The normalized spacial score (nSPS) is 10.9. The Labute approximate surface area is 108 Å². The molecule has 0 unspecified atom stereocenters. The number of carbonyl (C=O) groups excluding carboxylic acids is 1. The Morgan fingerprint density at radius 1 is 1.12 bits per heavy atom. The molecule has 1 aromatic heterocycles. The molecule has 2 rings (SSSR count). The van der Waals surface area contributed by atoms with Crippen LogP contribution in [0.15, 0.2) is 46.9 Å². The second kappa shape index (κ2) is 5.21. The predicted molar refractivity (Wildman–Crippen MR) is 69.0 cm³/mol. The maximum atomic E-state index is 10.6. The maximum Gasteiger partial charge on any atom is 0.245 e. The van der Waals surface area contributed by atoms with E-state index in [1.165, 1.54) is 12.2 Å². The summed E-state index contributed by atoms with van der Waals surface area (Å²) in [5.41, 5.74) is 0.922. The summed E-state index contributed by atoms with van der Waals surface area (Å²) in [7, 11) is 0. The lowest BCUT2D eigenvalue weighted by Gasteiger charge is -1.96. The molecule has 0 radical (unpaired) electrons. The van der Waals surface area contributed by atoms with Crippen LogP contribution in [-0.4, -0.2) is 5.24 Å². The van der Waals surface area contributed by atoms with Crippen LogP contribution in [-0.2, 0) is 4.79 Å². The van der Waals surface area contributed by atoms with Crippen molar-refractivity contribution < 1.29 is 9.21 Å². The Kier molecular flexibility index (Phi) is 3.67. The van der Waals surface area contributed by atoms with Crippen LogP contribution in [0.2, 0.25) is 5.02 Å². The van der Waals surface area contributed by atoms with Crippen LogP contribution < -0.4 is 0 Å². The first kappa shape index (κ1) is 12.0. The summed E-state index contributed by atoms with van der Waals surface area (Å²) < 4.78 is 5.52. The van der Waals surface area contributed by atoms with Gasteiger partial charge in [0.1, 0.15) is 11.5 Å². The van der Waals surface area contributed by atoms with Gasteiger partial charge in [0.05, 0.1) is 0 Å². The Morgan fingerprint density at radius 2 is 1.82 bits per heavy atom. The van der Waals surface area contributed by atoms with Gasteiger partial charge in [-0.05, 0) is 54.1 Å². The molecule has 0 bridgehead atoms. The molecule has 2 nitrogen and oxygen atoms in total. The number of carbonyl (C=O) groups is 1. The molecule has 2 aromatic rings. The first-order chi connectivity index (χ1) is 8.15. The Morgan fingerprint density at radius 3 is 2.47 bits per heavy atom. The standard InChI is InChI=1S/C13H8Cl2O2/c14-10-3-1-9(2-4-10)12-7-5-11(17-12)6-8-13(15)16/h1-8H/b8-6+. The number of allylic oxidation sites excluding steroid dienone is 1. The van der Waals surface area contributed by atoms with Gasteiger partial charge in [0.2, 0.25) is 5.24 Å². The minimum Gasteiger partial charge on any atom is -0.457 e. The fraction of sp³-hybridized carbons (Fsp3) is 0. The van der Waals surface area contributed by atoms with Crippen molar-refractivity contribution in [1.29, 1.82) is 0 Å². The van der Waals surface area contributed by atoms with Gasteiger partial charge < -0.3 is 4.42 Å². The molecule has 0 amide bonds. The van der Waals surface area contributed by atoms with Gasteiger partial charge in [-0.25, -0.2) is 0 Å². The zero-order valence-electron chi connectivity index (χ0n) is 8.69. The van der Waals surface area contributed by atoms with Gasteiger partial charge in [0, 0.05) is 16.7 Å². The second-order valence-electron chi connectivity index (χ2n) is 3.35. The van der Waals surface area contributed by atoms with E-state index in [-0.39, 0.29) is 0 Å². The second-order valence-corrected chi connectivity index (χ2v) is 4.16. The number of hydrogen-bond donors (Lipinski definition) is 0. The molecule has 1 aromatic carbocycles. The van der Waals surface area contributed by atoms with Crippen molar-refractivity contribution in [2.75, 3.05) is 0 Å². The van der Waals surface area contributed by atoms with Gasteiger partial charge >= 0.3 is 0 Å². The molecule has 0 aliphatic heterocycles. The van der Waals surface area contributed by atoms with Gasteiger partial charge in [0.25, 0.3) is 0 Å². The number of halogens is 2. The Hall–Kier alpha value is -1.51. The Balaban J connectivity index is 2.23. The average Bonchev–Trinajstić information content (AvgIpc) is 2.76. The lowest BCUT2D eigenvalue weighted by molar-refractivity contribution is -0.107. The monoisotopic (exact) mass is 266 g/mol. The van der Waals surface area contributed by atoms with Crippen LogP contribution in [0.3, 0.4) is 0 Å². The van der Waals surface area contributed by atoms with Crippen molar-refractivity contribution in [1.82, 2.24) is 0 Å². The minimum absolute atomic E-state index is 0.533. The predicted octanol–water partition coefficient (Wildman–Crippen LogP) is 4.38. The van der Waals surface area contributed by atoms with Crippen molar-refractivity contribution in [2.45, 2.75) is 0 Å². The molecule has 0 spiro atoms. The van der Waals surface area contributed by atoms with Gasteiger partial charge in [0.15, 0.2) is 0 Å².